The molecule has 2 heterocycles. The third-order valence-electron chi connectivity index (χ3n) is 2.80. The number of aromatic nitrogens is 4. The lowest BCUT2D eigenvalue weighted by atomic mass is 10.3. The van der Waals surface area contributed by atoms with Crippen molar-refractivity contribution in [1.82, 2.24) is 19.7 Å². The van der Waals surface area contributed by atoms with Crippen LogP contribution < -0.4 is 5.32 Å². The highest BCUT2D eigenvalue weighted by Crippen LogP contribution is 2.06. The van der Waals surface area contributed by atoms with Crippen molar-refractivity contribution in [2.45, 2.75) is 20.3 Å². The first kappa shape index (κ1) is 11.6. The van der Waals surface area contributed by atoms with E-state index in [1.165, 1.54) is 5.69 Å². The Hall–Kier alpha value is -1.91. The lowest BCUT2D eigenvalue weighted by Gasteiger charge is -2.07. The Balaban J connectivity index is 1.90. The molecule has 0 aromatic carbocycles. The normalized spacial score (nSPS) is 10.5. The van der Waals surface area contributed by atoms with Crippen molar-refractivity contribution in [1.29, 1.82) is 0 Å². The number of hydrogen-bond donors (Lipinski definition) is 1. The molecule has 0 saturated heterocycles. The van der Waals surface area contributed by atoms with Gasteiger partial charge in [0.1, 0.15) is 5.82 Å². The van der Waals surface area contributed by atoms with Gasteiger partial charge in [0.05, 0.1) is 17.6 Å². The number of nitrogens with zero attached hydrogens (tertiary/aromatic N) is 4. The summed E-state index contributed by atoms with van der Waals surface area (Å²) < 4.78 is 1.88. The Morgan fingerprint density at radius 2 is 2.12 bits per heavy atom. The number of hydrogen-bond acceptors (Lipinski definition) is 4. The average molecular weight is 231 g/mol. The highest BCUT2D eigenvalue weighted by molar-refractivity contribution is 5.33. The Morgan fingerprint density at radius 3 is 2.76 bits per heavy atom. The molecule has 0 spiro atoms. The Labute approximate surface area is 101 Å². The van der Waals surface area contributed by atoms with Crippen LogP contribution in [-0.4, -0.2) is 26.3 Å². The van der Waals surface area contributed by atoms with Gasteiger partial charge >= 0.3 is 0 Å². The van der Waals surface area contributed by atoms with Crippen LogP contribution >= 0.6 is 0 Å². The van der Waals surface area contributed by atoms with Gasteiger partial charge in [-0.1, -0.05) is 0 Å². The van der Waals surface area contributed by atoms with Crippen molar-refractivity contribution < 1.29 is 0 Å². The zero-order chi connectivity index (χ0) is 12.3. The molecule has 5 nitrogen and oxygen atoms in total. The minimum absolute atomic E-state index is 0.829. The number of rotatable bonds is 4. The minimum atomic E-state index is 0.829. The maximum Gasteiger partial charge on any atom is 0.144 e. The largest absolute Gasteiger partial charge is 0.368 e. The van der Waals surface area contributed by atoms with E-state index in [1.54, 1.807) is 6.20 Å². The number of anilines is 1. The molecule has 0 aliphatic carbocycles. The second-order valence-corrected chi connectivity index (χ2v) is 4.05. The number of aryl methyl sites for hydroxylation is 3. The van der Waals surface area contributed by atoms with Crippen molar-refractivity contribution >= 4 is 5.82 Å². The molecule has 0 radical (unpaired) electrons. The quantitative estimate of drug-likeness (QED) is 0.866. The Morgan fingerprint density at radius 1 is 1.29 bits per heavy atom. The first-order valence-electron chi connectivity index (χ1n) is 5.68. The van der Waals surface area contributed by atoms with Crippen LogP contribution in [0, 0.1) is 13.8 Å². The molecule has 0 fully saturated rings. The standard InChI is InChI=1S/C12H17N5/c1-9-10(2)16-12(8-14-9)13-6-4-11-5-7-15-17(11)3/h5,7-8H,4,6H2,1-3H3,(H,13,16). The molecular formula is C12H17N5. The van der Waals surface area contributed by atoms with E-state index >= 15 is 0 Å². The molecule has 0 aliphatic heterocycles. The van der Waals surface area contributed by atoms with Crippen molar-refractivity contribution in [2.75, 3.05) is 11.9 Å². The van der Waals surface area contributed by atoms with Crippen molar-refractivity contribution in [3.05, 3.63) is 35.5 Å². The maximum absolute atomic E-state index is 4.42. The molecule has 17 heavy (non-hydrogen) atoms. The molecule has 0 amide bonds. The maximum atomic E-state index is 4.42. The minimum Gasteiger partial charge on any atom is -0.368 e. The van der Waals surface area contributed by atoms with Crippen molar-refractivity contribution in [3.63, 3.8) is 0 Å². The molecule has 1 N–H and O–H groups in total. The third-order valence-corrected chi connectivity index (χ3v) is 2.80. The highest BCUT2D eigenvalue weighted by Gasteiger charge is 2.00. The summed E-state index contributed by atoms with van der Waals surface area (Å²) in [5.41, 5.74) is 3.15. The molecule has 0 atom stereocenters. The molecule has 2 rings (SSSR count). The Kier molecular flexibility index (Phi) is 3.37. The summed E-state index contributed by atoms with van der Waals surface area (Å²) in [6.45, 7) is 4.76. The molecule has 2 aromatic heterocycles. The van der Waals surface area contributed by atoms with Crippen LogP contribution in [0.25, 0.3) is 0 Å². The van der Waals surface area contributed by atoms with Gasteiger partial charge in [-0.25, -0.2) is 4.98 Å². The topological polar surface area (TPSA) is 55.6 Å². The van der Waals surface area contributed by atoms with Gasteiger partial charge in [-0.3, -0.25) is 9.67 Å². The predicted molar refractivity (Wildman–Crippen MR) is 66.9 cm³/mol. The summed E-state index contributed by atoms with van der Waals surface area (Å²) in [5.74, 6) is 0.829. The van der Waals surface area contributed by atoms with Gasteiger partial charge in [0.15, 0.2) is 0 Å². The van der Waals surface area contributed by atoms with E-state index in [0.717, 1.165) is 30.2 Å². The summed E-state index contributed by atoms with van der Waals surface area (Å²) in [7, 11) is 1.95. The summed E-state index contributed by atoms with van der Waals surface area (Å²) in [5, 5.41) is 7.39. The van der Waals surface area contributed by atoms with Crippen LogP contribution in [-0.2, 0) is 13.5 Å². The van der Waals surface area contributed by atoms with Crippen LogP contribution in [0.5, 0.6) is 0 Å². The predicted octanol–water partition coefficient (Wildman–Crippen LogP) is 1.48. The van der Waals surface area contributed by atoms with E-state index in [2.05, 4.69) is 20.4 Å². The van der Waals surface area contributed by atoms with Crippen LogP contribution in [0.1, 0.15) is 17.1 Å². The summed E-state index contributed by atoms with van der Waals surface area (Å²) in [4.78, 5) is 8.69. The van der Waals surface area contributed by atoms with Gasteiger partial charge in [0.2, 0.25) is 0 Å². The molecular weight excluding hydrogens is 214 g/mol. The molecule has 2 aromatic rings. The van der Waals surface area contributed by atoms with Crippen LogP contribution in [0.2, 0.25) is 0 Å². The lowest BCUT2D eigenvalue weighted by molar-refractivity contribution is 0.711. The average Bonchev–Trinajstić information content (AvgIpc) is 2.70. The zero-order valence-corrected chi connectivity index (χ0v) is 10.4. The second kappa shape index (κ2) is 4.95. The van der Waals surface area contributed by atoms with Crippen LogP contribution in [0.15, 0.2) is 18.5 Å². The summed E-state index contributed by atoms with van der Waals surface area (Å²) in [6, 6.07) is 2.02. The highest BCUT2D eigenvalue weighted by atomic mass is 15.3. The van der Waals surface area contributed by atoms with E-state index in [0.29, 0.717) is 0 Å². The van der Waals surface area contributed by atoms with Crippen molar-refractivity contribution in [2.24, 2.45) is 7.05 Å². The Bertz CT molecular complexity index is 503. The van der Waals surface area contributed by atoms with Gasteiger partial charge in [-0.05, 0) is 19.9 Å². The van der Waals surface area contributed by atoms with E-state index in [4.69, 9.17) is 0 Å². The monoisotopic (exact) mass is 231 g/mol. The van der Waals surface area contributed by atoms with Crippen LogP contribution in [0.3, 0.4) is 0 Å². The second-order valence-electron chi connectivity index (χ2n) is 4.05. The summed E-state index contributed by atoms with van der Waals surface area (Å²) in [6.07, 6.45) is 4.50. The molecule has 0 bridgehead atoms. The van der Waals surface area contributed by atoms with E-state index < -0.39 is 0 Å². The zero-order valence-electron chi connectivity index (χ0n) is 10.4. The molecule has 0 unspecified atom stereocenters. The van der Waals surface area contributed by atoms with Gasteiger partial charge in [0.25, 0.3) is 0 Å². The van der Waals surface area contributed by atoms with Gasteiger partial charge in [-0.15, -0.1) is 0 Å². The van der Waals surface area contributed by atoms with Gasteiger partial charge in [-0.2, -0.15) is 5.10 Å². The molecule has 5 heteroatoms. The number of nitrogens with one attached hydrogen (secondary N) is 1. The van der Waals surface area contributed by atoms with E-state index in [9.17, 15) is 0 Å². The van der Waals surface area contributed by atoms with E-state index in [1.807, 2.05) is 37.8 Å². The smallest absolute Gasteiger partial charge is 0.144 e. The first-order chi connectivity index (χ1) is 8.16. The fraction of sp³-hybridized carbons (Fsp3) is 0.417. The van der Waals surface area contributed by atoms with Gasteiger partial charge < -0.3 is 5.32 Å². The summed E-state index contributed by atoms with van der Waals surface area (Å²) >= 11 is 0. The van der Waals surface area contributed by atoms with E-state index in [-0.39, 0.29) is 0 Å². The fourth-order valence-corrected chi connectivity index (χ4v) is 1.59. The fourth-order valence-electron chi connectivity index (χ4n) is 1.59. The lowest BCUT2D eigenvalue weighted by Crippen LogP contribution is -2.10. The van der Waals surface area contributed by atoms with Crippen molar-refractivity contribution in [3.8, 4) is 0 Å². The SMILES string of the molecule is Cc1ncc(NCCc2ccnn2C)nc1C. The van der Waals surface area contributed by atoms with Gasteiger partial charge in [0, 0.05) is 31.9 Å². The first-order valence-corrected chi connectivity index (χ1v) is 5.68. The van der Waals surface area contributed by atoms with Crippen LogP contribution in [0.4, 0.5) is 5.82 Å². The third kappa shape index (κ3) is 2.81. The molecule has 0 aliphatic rings. The molecule has 0 saturated carbocycles. The molecule has 90 valence electrons.